The van der Waals surface area contributed by atoms with Gasteiger partial charge >= 0.3 is 0 Å². The Labute approximate surface area is 116 Å². The molecule has 0 fully saturated rings. The predicted molar refractivity (Wildman–Crippen MR) is 75.5 cm³/mol. The van der Waals surface area contributed by atoms with Crippen molar-refractivity contribution in [3.8, 4) is 5.75 Å². The molecule has 0 saturated carbocycles. The number of amides is 1. The molecule has 1 aromatic rings. The van der Waals surface area contributed by atoms with Gasteiger partial charge in [-0.05, 0) is 47.0 Å². The maximum absolute atomic E-state index is 11.2. The number of primary amides is 1. The number of hydrogen-bond donors (Lipinski definition) is 2. The number of rotatable bonds is 6. The Morgan fingerprint density at radius 3 is 2.67 bits per heavy atom. The van der Waals surface area contributed by atoms with Crippen LogP contribution in [-0.2, 0) is 4.79 Å². The molecule has 100 valence electrons. The molecule has 2 atom stereocenters. The molecule has 0 aromatic heterocycles. The minimum atomic E-state index is -0.322. The number of nitrogens with one attached hydrogen (secondary N) is 1. The van der Waals surface area contributed by atoms with Crippen molar-refractivity contribution in [2.24, 2.45) is 5.73 Å². The van der Waals surface area contributed by atoms with Crippen LogP contribution in [0.1, 0.15) is 31.9 Å². The van der Waals surface area contributed by atoms with E-state index in [0.29, 0.717) is 6.42 Å². The molecule has 5 heteroatoms. The van der Waals surface area contributed by atoms with Crippen LogP contribution >= 0.6 is 15.9 Å². The monoisotopic (exact) mass is 314 g/mol. The van der Waals surface area contributed by atoms with Crippen LogP contribution in [0.2, 0.25) is 0 Å². The second-order valence-electron chi connectivity index (χ2n) is 4.15. The van der Waals surface area contributed by atoms with Crippen LogP contribution in [-0.4, -0.2) is 19.1 Å². The molecule has 2 unspecified atom stereocenters. The van der Waals surface area contributed by atoms with Gasteiger partial charge in [-0.2, -0.15) is 0 Å². The molecule has 3 N–H and O–H groups in total. The number of nitrogens with two attached hydrogens (primary N) is 1. The van der Waals surface area contributed by atoms with Crippen molar-refractivity contribution in [2.75, 3.05) is 7.11 Å². The molecule has 0 spiro atoms. The Bertz CT molecular complexity index is 423. The zero-order valence-electron chi connectivity index (χ0n) is 10.9. The first kappa shape index (κ1) is 15.0. The molecular weight excluding hydrogens is 296 g/mol. The Kier molecular flexibility index (Phi) is 5.62. The molecule has 0 aliphatic carbocycles. The summed E-state index contributed by atoms with van der Waals surface area (Å²) in [5.41, 5.74) is 6.39. The van der Waals surface area contributed by atoms with E-state index in [1.54, 1.807) is 7.11 Å². The fourth-order valence-corrected chi connectivity index (χ4v) is 2.31. The van der Waals surface area contributed by atoms with E-state index in [-0.39, 0.29) is 18.0 Å². The highest BCUT2D eigenvalue weighted by molar-refractivity contribution is 9.10. The summed E-state index contributed by atoms with van der Waals surface area (Å²) in [7, 11) is 1.63. The van der Waals surface area contributed by atoms with Crippen molar-refractivity contribution >= 4 is 21.8 Å². The number of hydrogen-bond acceptors (Lipinski definition) is 3. The van der Waals surface area contributed by atoms with Gasteiger partial charge in [-0.1, -0.05) is 13.0 Å². The quantitative estimate of drug-likeness (QED) is 0.847. The van der Waals surface area contributed by atoms with Crippen LogP contribution < -0.4 is 15.8 Å². The zero-order valence-corrected chi connectivity index (χ0v) is 12.5. The van der Waals surface area contributed by atoms with Gasteiger partial charge in [0.25, 0.3) is 0 Å². The van der Waals surface area contributed by atoms with Crippen LogP contribution in [0, 0.1) is 0 Å². The minimum Gasteiger partial charge on any atom is -0.496 e. The van der Waals surface area contributed by atoms with Crippen LogP contribution in [0.5, 0.6) is 5.75 Å². The van der Waals surface area contributed by atoms with E-state index >= 15 is 0 Å². The van der Waals surface area contributed by atoms with E-state index in [9.17, 15) is 4.79 Å². The van der Waals surface area contributed by atoms with Crippen molar-refractivity contribution in [3.05, 3.63) is 28.2 Å². The highest BCUT2D eigenvalue weighted by atomic mass is 79.9. The number of ether oxygens (including phenoxy) is 1. The second-order valence-corrected chi connectivity index (χ2v) is 5.00. The summed E-state index contributed by atoms with van der Waals surface area (Å²) in [6.07, 6.45) is 0.678. The number of carbonyl (C=O) groups excluding carboxylic acids is 1. The molecule has 18 heavy (non-hydrogen) atoms. The molecule has 0 saturated heterocycles. The van der Waals surface area contributed by atoms with Gasteiger partial charge in [0, 0.05) is 6.04 Å². The first-order chi connectivity index (χ1) is 8.49. The number of methoxy groups -OCH3 is 1. The molecule has 0 bridgehead atoms. The summed E-state index contributed by atoms with van der Waals surface area (Å²) in [6, 6.07) is 5.58. The van der Waals surface area contributed by atoms with Gasteiger partial charge in [0.2, 0.25) is 5.91 Å². The van der Waals surface area contributed by atoms with Crippen molar-refractivity contribution in [2.45, 2.75) is 32.4 Å². The topological polar surface area (TPSA) is 64.3 Å². The average Bonchev–Trinajstić information content (AvgIpc) is 2.35. The summed E-state index contributed by atoms with van der Waals surface area (Å²) >= 11 is 3.44. The lowest BCUT2D eigenvalue weighted by molar-refractivity contribution is -0.120. The van der Waals surface area contributed by atoms with Crippen molar-refractivity contribution in [1.29, 1.82) is 0 Å². The fraction of sp³-hybridized carbons (Fsp3) is 0.462. The smallest absolute Gasteiger partial charge is 0.234 e. The Balaban J connectivity index is 2.81. The maximum atomic E-state index is 11.2. The van der Waals surface area contributed by atoms with Gasteiger partial charge in [-0.25, -0.2) is 0 Å². The molecule has 0 aliphatic heterocycles. The third-order valence-corrected chi connectivity index (χ3v) is 3.50. The normalized spacial score (nSPS) is 14.0. The first-order valence-electron chi connectivity index (χ1n) is 5.88. The van der Waals surface area contributed by atoms with Gasteiger partial charge in [0.05, 0.1) is 17.6 Å². The fourth-order valence-electron chi connectivity index (χ4n) is 1.75. The van der Waals surface area contributed by atoms with Gasteiger partial charge in [0.1, 0.15) is 5.75 Å². The largest absolute Gasteiger partial charge is 0.496 e. The van der Waals surface area contributed by atoms with E-state index in [4.69, 9.17) is 10.5 Å². The van der Waals surface area contributed by atoms with E-state index in [1.807, 2.05) is 32.0 Å². The summed E-state index contributed by atoms with van der Waals surface area (Å²) in [5.74, 6) is 0.463. The third-order valence-electron chi connectivity index (χ3n) is 2.88. The lowest BCUT2D eigenvalue weighted by Crippen LogP contribution is -2.41. The van der Waals surface area contributed by atoms with E-state index in [1.165, 1.54) is 0 Å². The van der Waals surface area contributed by atoms with Gasteiger partial charge in [0.15, 0.2) is 0 Å². The SMILES string of the molecule is CCC(NC(C)c1ccc(OC)c(Br)c1)C(N)=O. The summed E-state index contributed by atoms with van der Waals surface area (Å²) in [5, 5.41) is 3.21. The predicted octanol–water partition coefficient (Wildman–Crippen LogP) is 2.37. The van der Waals surface area contributed by atoms with Crippen LogP contribution in [0.25, 0.3) is 0 Å². The maximum Gasteiger partial charge on any atom is 0.234 e. The first-order valence-corrected chi connectivity index (χ1v) is 6.67. The second kappa shape index (κ2) is 6.75. The molecule has 0 aliphatic rings. The van der Waals surface area contributed by atoms with Gasteiger partial charge < -0.3 is 10.5 Å². The third kappa shape index (κ3) is 3.71. The Morgan fingerprint density at radius 2 is 2.22 bits per heavy atom. The van der Waals surface area contributed by atoms with Crippen molar-refractivity contribution in [3.63, 3.8) is 0 Å². The van der Waals surface area contributed by atoms with Crippen LogP contribution in [0.4, 0.5) is 0 Å². The Hall–Kier alpha value is -1.07. The highest BCUT2D eigenvalue weighted by Crippen LogP contribution is 2.28. The molecule has 4 nitrogen and oxygen atoms in total. The van der Waals surface area contributed by atoms with E-state index in [2.05, 4.69) is 21.2 Å². The number of halogens is 1. The van der Waals surface area contributed by atoms with Gasteiger partial charge in [-0.3, -0.25) is 10.1 Å². The molecule has 1 amide bonds. The van der Waals surface area contributed by atoms with E-state index in [0.717, 1.165) is 15.8 Å². The Morgan fingerprint density at radius 1 is 1.56 bits per heavy atom. The van der Waals surface area contributed by atoms with Gasteiger partial charge in [-0.15, -0.1) is 0 Å². The van der Waals surface area contributed by atoms with Crippen molar-refractivity contribution < 1.29 is 9.53 Å². The number of carbonyl (C=O) groups is 1. The van der Waals surface area contributed by atoms with Crippen molar-refractivity contribution in [1.82, 2.24) is 5.32 Å². The standard InChI is InChI=1S/C13H19BrN2O2/c1-4-11(13(15)17)16-8(2)9-5-6-12(18-3)10(14)7-9/h5-8,11,16H,4H2,1-3H3,(H2,15,17). The molecule has 0 radical (unpaired) electrons. The summed E-state index contributed by atoms with van der Waals surface area (Å²) < 4.78 is 6.07. The lowest BCUT2D eigenvalue weighted by Gasteiger charge is -2.20. The summed E-state index contributed by atoms with van der Waals surface area (Å²) in [4.78, 5) is 11.2. The average molecular weight is 315 g/mol. The van der Waals surface area contributed by atoms with E-state index < -0.39 is 0 Å². The molecule has 1 aromatic carbocycles. The number of benzene rings is 1. The summed E-state index contributed by atoms with van der Waals surface area (Å²) in [6.45, 7) is 3.93. The lowest BCUT2D eigenvalue weighted by atomic mass is 10.1. The highest BCUT2D eigenvalue weighted by Gasteiger charge is 2.17. The molecule has 0 heterocycles. The van der Waals surface area contributed by atoms with Crippen LogP contribution in [0.15, 0.2) is 22.7 Å². The minimum absolute atomic E-state index is 0.0460. The van der Waals surface area contributed by atoms with Crippen LogP contribution in [0.3, 0.4) is 0 Å². The zero-order chi connectivity index (χ0) is 13.7. The molecule has 1 rings (SSSR count). The molecular formula is C13H19BrN2O2.